The number of hydrogen-bond acceptors (Lipinski definition) is 6. The molecule has 2 atom stereocenters. The number of carbonyl (C=O) groups is 2. The lowest BCUT2D eigenvalue weighted by Crippen LogP contribution is -2.54. The Hall–Kier alpha value is -2.26. The molecule has 0 N–H and O–H groups in total. The molecule has 31 heavy (non-hydrogen) atoms. The molecule has 0 saturated carbocycles. The highest BCUT2D eigenvalue weighted by molar-refractivity contribution is 7.13. The molecule has 3 fully saturated rings. The van der Waals surface area contributed by atoms with Crippen LogP contribution in [0.1, 0.15) is 25.7 Å². The predicted molar refractivity (Wildman–Crippen MR) is 119 cm³/mol. The van der Waals surface area contributed by atoms with Gasteiger partial charge < -0.3 is 9.80 Å². The van der Waals surface area contributed by atoms with E-state index in [-0.39, 0.29) is 30.9 Å². The summed E-state index contributed by atoms with van der Waals surface area (Å²) in [5, 5.41) is 1.23. The van der Waals surface area contributed by atoms with Gasteiger partial charge in [0.25, 0.3) is 0 Å². The molecule has 1 aromatic heterocycles. The second kappa shape index (κ2) is 8.70. The van der Waals surface area contributed by atoms with Gasteiger partial charge in [-0.1, -0.05) is 12.1 Å². The average molecular weight is 446 g/mol. The third-order valence-electron chi connectivity index (χ3n) is 6.69. The van der Waals surface area contributed by atoms with Gasteiger partial charge in [-0.3, -0.25) is 14.6 Å². The summed E-state index contributed by atoms with van der Waals surface area (Å²) in [5.41, 5.74) is 0. The van der Waals surface area contributed by atoms with Crippen molar-refractivity contribution in [2.45, 2.75) is 37.9 Å². The monoisotopic (exact) mass is 445 g/mol. The average Bonchev–Trinajstić information content (AvgIpc) is 3.37. The van der Waals surface area contributed by atoms with Gasteiger partial charge in [0.05, 0.1) is 11.2 Å². The van der Waals surface area contributed by atoms with Gasteiger partial charge in [-0.15, -0.1) is 0 Å². The van der Waals surface area contributed by atoms with Gasteiger partial charge in [-0.2, -0.15) is 4.37 Å². The molecule has 3 aliphatic heterocycles. The van der Waals surface area contributed by atoms with Gasteiger partial charge in [-0.25, -0.2) is 9.18 Å². The van der Waals surface area contributed by atoms with Crippen molar-refractivity contribution in [1.82, 2.24) is 19.1 Å². The van der Waals surface area contributed by atoms with Crippen molar-refractivity contribution >= 4 is 39.4 Å². The summed E-state index contributed by atoms with van der Waals surface area (Å²) in [7, 11) is 0. The lowest BCUT2D eigenvalue weighted by atomic mass is 10.1. The van der Waals surface area contributed by atoms with Gasteiger partial charge in [0.2, 0.25) is 5.91 Å². The lowest BCUT2D eigenvalue weighted by Gasteiger charge is -2.36. The molecule has 3 aliphatic rings. The number of halogens is 1. The number of amides is 3. The molecule has 0 bridgehead atoms. The van der Waals surface area contributed by atoms with E-state index in [1.807, 2.05) is 0 Å². The molecule has 0 radical (unpaired) electrons. The van der Waals surface area contributed by atoms with E-state index in [4.69, 9.17) is 0 Å². The molecular formula is C22H28FN5O2S. The normalized spacial score (nSPS) is 25.0. The Morgan fingerprint density at radius 3 is 2.68 bits per heavy atom. The first kappa shape index (κ1) is 20.6. The van der Waals surface area contributed by atoms with Crippen LogP contribution >= 0.6 is 11.5 Å². The topological polar surface area (TPSA) is 60.0 Å². The Morgan fingerprint density at radius 2 is 1.84 bits per heavy atom. The number of carbonyl (C=O) groups excluding carboxylic acids is 2. The smallest absolute Gasteiger partial charge is 0.327 e. The summed E-state index contributed by atoms with van der Waals surface area (Å²) in [6.07, 6.45) is 1.29. The first-order valence-electron chi connectivity index (χ1n) is 11.2. The summed E-state index contributed by atoms with van der Waals surface area (Å²) in [6, 6.07) is 7.83. The number of fused-ring (bicyclic) bond motifs is 2. The number of alkyl halides is 1. The molecule has 166 valence electrons. The Bertz CT molecular complexity index is 960. The highest BCUT2D eigenvalue weighted by Crippen LogP contribution is 2.30. The third-order valence-corrected chi connectivity index (χ3v) is 7.50. The summed E-state index contributed by atoms with van der Waals surface area (Å²) in [6.45, 7) is 5.41. The van der Waals surface area contributed by atoms with Crippen LogP contribution in [0.4, 0.5) is 15.0 Å². The summed E-state index contributed by atoms with van der Waals surface area (Å²) in [5.74, 6) is 0.947. The molecule has 0 unspecified atom stereocenters. The van der Waals surface area contributed by atoms with E-state index in [1.54, 1.807) is 16.4 Å². The predicted octanol–water partition coefficient (Wildman–Crippen LogP) is 2.96. The van der Waals surface area contributed by atoms with Crippen LogP contribution in [0.2, 0.25) is 0 Å². The molecule has 0 aliphatic carbocycles. The molecule has 2 aromatic rings. The van der Waals surface area contributed by atoms with Crippen molar-refractivity contribution in [1.29, 1.82) is 0 Å². The second-order valence-corrected chi connectivity index (χ2v) is 9.51. The van der Waals surface area contributed by atoms with Gasteiger partial charge in [0.15, 0.2) is 0 Å². The lowest BCUT2D eigenvalue weighted by molar-refractivity contribution is -0.132. The van der Waals surface area contributed by atoms with Crippen LogP contribution in [-0.4, -0.2) is 89.0 Å². The largest absolute Gasteiger partial charge is 0.353 e. The van der Waals surface area contributed by atoms with Gasteiger partial charge in [0, 0.05) is 57.0 Å². The number of hydrogen-bond donors (Lipinski definition) is 0. The zero-order valence-electron chi connectivity index (χ0n) is 17.6. The molecule has 5 rings (SSSR count). The van der Waals surface area contributed by atoms with Crippen LogP contribution in [0.3, 0.4) is 0 Å². The summed E-state index contributed by atoms with van der Waals surface area (Å²) in [4.78, 5) is 32.6. The van der Waals surface area contributed by atoms with Crippen molar-refractivity contribution in [2.24, 2.45) is 0 Å². The van der Waals surface area contributed by atoms with Gasteiger partial charge >= 0.3 is 6.03 Å². The van der Waals surface area contributed by atoms with Crippen molar-refractivity contribution in [3.8, 4) is 0 Å². The fourth-order valence-electron chi connectivity index (χ4n) is 4.97. The van der Waals surface area contributed by atoms with E-state index in [1.165, 1.54) is 15.0 Å². The number of nitrogens with zero attached hydrogens (tertiary/aromatic N) is 5. The van der Waals surface area contributed by atoms with Crippen LogP contribution in [0.15, 0.2) is 24.3 Å². The zero-order chi connectivity index (χ0) is 21.4. The van der Waals surface area contributed by atoms with Crippen LogP contribution < -0.4 is 4.90 Å². The Balaban J connectivity index is 1.06. The standard InChI is InChI=1S/C22H28FN5O2S/c23-16-13-17-14-20(29)27(22(30)28(17)15-16)8-4-3-7-25-9-11-26(12-10-25)21-18-5-1-2-6-19(18)31-24-21/h1-2,5-6,16-17H,3-4,7-15H2/t16-,17-/m0/s1. The molecule has 1 aromatic carbocycles. The maximum Gasteiger partial charge on any atom is 0.327 e. The minimum absolute atomic E-state index is 0.131. The highest BCUT2D eigenvalue weighted by Gasteiger charge is 2.44. The van der Waals surface area contributed by atoms with Crippen LogP contribution in [0, 0.1) is 0 Å². The minimum atomic E-state index is -0.998. The number of benzene rings is 1. The molecule has 9 heteroatoms. The first-order valence-corrected chi connectivity index (χ1v) is 11.9. The Kier molecular flexibility index (Phi) is 5.79. The second-order valence-electron chi connectivity index (χ2n) is 8.71. The van der Waals surface area contributed by atoms with E-state index in [2.05, 4.69) is 38.4 Å². The van der Waals surface area contributed by atoms with E-state index in [0.29, 0.717) is 13.0 Å². The van der Waals surface area contributed by atoms with Crippen molar-refractivity contribution in [3.63, 3.8) is 0 Å². The zero-order valence-corrected chi connectivity index (χ0v) is 18.4. The van der Waals surface area contributed by atoms with Crippen LogP contribution in [0.25, 0.3) is 10.1 Å². The maximum atomic E-state index is 13.6. The highest BCUT2D eigenvalue weighted by atomic mass is 32.1. The Morgan fingerprint density at radius 1 is 1.06 bits per heavy atom. The SMILES string of the molecule is O=C1C[C@@H]2C[C@H](F)CN2C(=O)N1CCCCN1CCN(c2nsc3ccccc23)CC1. The van der Waals surface area contributed by atoms with E-state index >= 15 is 0 Å². The van der Waals surface area contributed by atoms with Crippen molar-refractivity contribution in [3.05, 3.63) is 24.3 Å². The number of imide groups is 1. The fraction of sp³-hybridized carbons (Fsp3) is 0.591. The number of anilines is 1. The van der Waals surface area contributed by atoms with Crippen LogP contribution in [0.5, 0.6) is 0 Å². The number of piperazine rings is 1. The summed E-state index contributed by atoms with van der Waals surface area (Å²) < 4.78 is 19.5. The van der Waals surface area contributed by atoms with Gasteiger partial charge in [0.1, 0.15) is 12.0 Å². The van der Waals surface area contributed by atoms with Crippen molar-refractivity contribution < 1.29 is 14.0 Å². The number of unbranched alkanes of at least 4 members (excludes halogenated alkanes) is 1. The molecule has 4 heterocycles. The quantitative estimate of drug-likeness (QED) is 0.640. The number of rotatable bonds is 6. The van der Waals surface area contributed by atoms with E-state index in [0.717, 1.165) is 51.4 Å². The van der Waals surface area contributed by atoms with Crippen LogP contribution in [-0.2, 0) is 4.79 Å². The summed E-state index contributed by atoms with van der Waals surface area (Å²) >= 11 is 1.56. The van der Waals surface area contributed by atoms with Crippen molar-refractivity contribution in [2.75, 3.05) is 50.7 Å². The molecule has 0 spiro atoms. The minimum Gasteiger partial charge on any atom is -0.353 e. The molecule has 3 saturated heterocycles. The van der Waals surface area contributed by atoms with E-state index in [9.17, 15) is 14.0 Å². The number of urea groups is 1. The first-order chi connectivity index (χ1) is 15.1. The molecular weight excluding hydrogens is 417 g/mol. The maximum absolute atomic E-state index is 13.6. The fourth-order valence-corrected chi connectivity index (χ4v) is 5.77. The number of aromatic nitrogens is 1. The molecule has 3 amide bonds. The molecule has 7 nitrogen and oxygen atoms in total. The third kappa shape index (κ3) is 4.13. The Labute approximate surface area is 185 Å². The van der Waals surface area contributed by atoms with Gasteiger partial charge in [-0.05, 0) is 43.1 Å². The van der Waals surface area contributed by atoms with E-state index < -0.39 is 6.17 Å².